The van der Waals surface area contributed by atoms with Gasteiger partial charge in [-0.2, -0.15) is 0 Å². The summed E-state index contributed by atoms with van der Waals surface area (Å²) in [5.74, 6) is 0.899. The highest BCUT2D eigenvalue weighted by molar-refractivity contribution is 14.1. The Labute approximate surface area is 71.3 Å². The first-order valence-corrected chi connectivity index (χ1v) is 4.60. The number of hydrogen-bond donors (Lipinski definition) is 0. The molecule has 1 saturated heterocycles. The number of hydrogen-bond acceptors (Lipinski definition) is 1. The van der Waals surface area contributed by atoms with Crippen molar-refractivity contribution < 1.29 is 0 Å². The van der Waals surface area contributed by atoms with Gasteiger partial charge in [-0.05, 0) is 25.7 Å². The third-order valence-electron chi connectivity index (χ3n) is 2.30. The fraction of sp³-hybridized carbons (Fsp3) is 1.00. The van der Waals surface area contributed by atoms with Gasteiger partial charge in [-0.15, -0.1) is 0 Å². The van der Waals surface area contributed by atoms with Crippen LogP contribution in [0.2, 0.25) is 0 Å². The standard InChI is InChI=1S/C7H14IN/c1-6-4-3-5-9(8)7(6)2/h6-7H,3-5H2,1-2H3/t6-,7-/m1/s1. The number of halogens is 1. The van der Waals surface area contributed by atoms with E-state index < -0.39 is 0 Å². The van der Waals surface area contributed by atoms with Crippen LogP contribution in [0.15, 0.2) is 0 Å². The average molecular weight is 239 g/mol. The van der Waals surface area contributed by atoms with Gasteiger partial charge in [0.1, 0.15) is 0 Å². The number of rotatable bonds is 0. The average Bonchev–Trinajstić information content (AvgIpc) is 1.83. The Kier molecular flexibility index (Phi) is 2.76. The van der Waals surface area contributed by atoms with Gasteiger partial charge in [0.05, 0.1) is 0 Å². The van der Waals surface area contributed by atoms with Crippen LogP contribution in [-0.4, -0.2) is 15.7 Å². The van der Waals surface area contributed by atoms with E-state index in [1.807, 2.05) is 0 Å². The second-order valence-electron chi connectivity index (χ2n) is 2.98. The van der Waals surface area contributed by atoms with Crippen LogP contribution in [0.25, 0.3) is 0 Å². The second kappa shape index (κ2) is 3.19. The summed E-state index contributed by atoms with van der Waals surface area (Å²) in [5.41, 5.74) is 0. The van der Waals surface area contributed by atoms with Crippen LogP contribution in [0.4, 0.5) is 0 Å². The maximum atomic E-state index is 2.43. The quantitative estimate of drug-likeness (QED) is 0.463. The lowest BCUT2D eigenvalue weighted by molar-refractivity contribution is 0.237. The Morgan fingerprint density at radius 3 is 2.56 bits per heavy atom. The Morgan fingerprint density at radius 2 is 2.11 bits per heavy atom. The molecular weight excluding hydrogens is 225 g/mol. The molecule has 0 unspecified atom stereocenters. The highest BCUT2D eigenvalue weighted by Gasteiger charge is 2.21. The third-order valence-corrected chi connectivity index (χ3v) is 3.66. The molecule has 0 bridgehead atoms. The van der Waals surface area contributed by atoms with Crippen molar-refractivity contribution in [3.8, 4) is 0 Å². The predicted molar refractivity (Wildman–Crippen MR) is 48.6 cm³/mol. The molecule has 1 aliphatic rings. The molecule has 54 valence electrons. The van der Waals surface area contributed by atoms with E-state index in [9.17, 15) is 0 Å². The van der Waals surface area contributed by atoms with E-state index in [1.54, 1.807) is 0 Å². The first kappa shape index (κ1) is 7.79. The monoisotopic (exact) mass is 239 g/mol. The molecule has 2 heteroatoms. The zero-order valence-electron chi connectivity index (χ0n) is 6.10. The Hall–Kier alpha value is 0.690. The van der Waals surface area contributed by atoms with Gasteiger partial charge in [-0.1, -0.05) is 6.92 Å². The van der Waals surface area contributed by atoms with E-state index in [-0.39, 0.29) is 0 Å². The van der Waals surface area contributed by atoms with E-state index in [0.717, 1.165) is 12.0 Å². The highest BCUT2D eigenvalue weighted by atomic mass is 127. The number of piperidine rings is 1. The van der Waals surface area contributed by atoms with Crippen molar-refractivity contribution >= 4 is 22.9 Å². The minimum Gasteiger partial charge on any atom is -0.244 e. The van der Waals surface area contributed by atoms with Gasteiger partial charge in [0, 0.05) is 35.5 Å². The van der Waals surface area contributed by atoms with Crippen LogP contribution in [0.3, 0.4) is 0 Å². The first-order valence-electron chi connectivity index (χ1n) is 3.64. The molecule has 0 spiro atoms. The van der Waals surface area contributed by atoms with Crippen molar-refractivity contribution in [1.29, 1.82) is 0 Å². The molecule has 0 aliphatic carbocycles. The van der Waals surface area contributed by atoms with Gasteiger partial charge in [0.25, 0.3) is 0 Å². The summed E-state index contributed by atoms with van der Waals surface area (Å²) in [5, 5.41) is 0. The Morgan fingerprint density at radius 1 is 1.44 bits per heavy atom. The summed E-state index contributed by atoms with van der Waals surface area (Å²) >= 11 is 2.43. The summed E-state index contributed by atoms with van der Waals surface area (Å²) in [7, 11) is 0. The zero-order valence-corrected chi connectivity index (χ0v) is 8.26. The van der Waals surface area contributed by atoms with Crippen LogP contribution < -0.4 is 0 Å². The van der Waals surface area contributed by atoms with Crippen molar-refractivity contribution in [1.82, 2.24) is 3.11 Å². The van der Waals surface area contributed by atoms with Gasteiger partial charge >= 0.3 is 0 Å². The molecule has 0 saturated carbocycles. The van der Waals surface area contributed by atoms with Crippen LogP contribution in [0.1, 0.15) is 26.7 Å². The fourth-order valence-corrected chi connectivity index (χ4v) is 2.18. The molecule has 1 nitrogen and oxygen atoms in total. The zero-order chi connectivity index (χ0) is 6.85. The summed E-state index contributed by atoms with van der Waals surface area (Å²) in [6.45, 7) is 5.94. The largest absolute Gasteiger partial charge is 0.244 e. The fourth-order valence-electron chi connectivity index (χ4n) is 1.29. The topological polar surface area (TPSA) is 3.24 Å². The Bertz CT molecular complexity index is 84.9. The minimum absolute atomic E-state index is 0.791. The molecule has 0 aromatic heterocycles. The maximum absolute atomic E-state index is 2.43. The molecule has 0 radical (unpaired) electrons. The highest BCUT2D eigenvalue weighted by Crippen LogP contribution is 2.24. The summed E-state index contributed by atoms with van der Waals surface area (Å²) in [4.78, 5) is 0. The normalized spacial score (nSPS) is 39.0. The lowest BCUT2D eigenvalue weighted by Crippen LogP contribution is -2.35. The lowest BCUT2D eigenvalue weighted by atomic mass is 9.94. The van der Waals surface area contributed by atoms with Crippen molar-refractivity contribution in [2.75, 3.05) is 6.54 Å². The predicted octanol–water partition coefficient (Wildman–Crippen LogP) is 2.46. The molecule has 9 heavy (non-hydrogen) atoms. The molecule has 1 fully saturated rings. The molecular formula is C7H14IN. The lowest BCUT2D eigenvalue weighted by Gasteiger charge is -2.32. The summed E-state index contributed by atoms with van der Waals surface area (Å²) in [6, 6.07) is 0.791. The van der Waals surface area contributed by atoms with E-state index in [2.05, 4.69) is 39.8 Å². The van der Waals surface area contributed by atoms with E-state index in [1.165, 1.54) is 19.4 Å². The van der Waals surface area contributed by atoms with Gasteiger partial charge < -0.3 is 0 Å². The molecule has 0 aromatic rings. The van der Waals surface area contributed by atoms with Crippen LogP contribution in [-0.2, 0) is 0 Å². The molecule has 0 N–H and O–H groups in total. The van der Waals surface area contributed by atoms with Gasteiger partial charge in [-0.25, -0.2) is 3.11 Å². The van der Waals surface area contributed by atoms with Crippen molar-refractivity contribution in [2.45, 2.75) is 32.7 Å². The Balaban J connectivity index is 2.41. The van der Waals surface area contributed by atoms with Crippen LogP contribution in [0, 0.1) is 5.92 Å². The maximum Gasteiger partial charge on any atom is 0.0204 e. The van der Waals surface area contributed by atoms with Crippen LogP contribution in [0.5, 0.6) is 0 Å². The van der Waals surface area contributed by atoms with Crippen molar-refractivity contribution in [3.05, 3.63) is 0 Å². The SMILES string of the molecule is C[C@@H]1CCCN(I)[C@@H]1C. The van der Waals surface area contributed by atoms with E-state index in [4.69, 9.17) is 0 Å². The van der Waals surface area contributed by atoms with E-state index in [0.29, 0.717) is 0 Å². The van der Waals surface area contributed by atoms with Gasteiger partial charge in [-0.3, -0.25) is 0 Å². The van der Waals surface area contributed by atoms with Crippen LogP contribution >= 0.6 is 22.9 Å². The van der Waals surface area contributed by atoms with Gasteiger partial charge in [0.15, 0.2) is 0 Å². The third kappa shape index (κ3) is 1.80. The smallest absolute Gasteiger partial charge is 0.0204 e. The van der Waals surface area contributed by atoms with Crippen molar-refractivity contribution in [2.24, 2.45) is 5.92 Å². The van der Waals surface area contributed by atoms with Crippen molar-refractivity contribution in [3.63, 3.8) is 0 Å². The molecule has 2 atom stereocenters. The van der Waals surface area contributed by atoms with Gasteiger partial charge in [0.2, 0.25) is 0 Å². The second-order valence-corrected chi connectivity index (χ2v) is 4.22. The first-order chi connectivity index (χ1) is 4.22. The molecule has 1 heterocycles. The summed E-state index contributed by atoms with van der Waals surface area (Å²) in [6.07, 6.45) is 2.80. The molecule has 1 aliphatic heterocycles. The van der Waals surface area contributed by atoms with E-state index >= 15 is 0 Å². The molecule has 0 aromatic carbocycles. The minimum atomic E-state index is 0.791. The number of nitrogens with zero attached hydrogens (tertiary/aromatic N) is 1. The molecule has 0 amide bonds. The molecule has 1 rings (SSSR count). The summed E-state index contributed by atoms with van der Waals surface area (Å²) < 4.78 is 2.42.